The zero-order valence-corrected chi connectivity index (χ0v) is 15.5. The molecular weight excluding hydrogens is 450 g/mol. The fraction of sp³-hybridized carbons (Fsp3) is 0.143. The Morgan fingerprint density at radius 3 is 2.67 bits per heavy atom. The molecule has 0 radical (unpaired) electrons. The van der Waals surface area contributed by atoms with Crippen molar-refractivity contribution in [2.75, 3.05) is 6.61 Å². The lowest BCUT2D eigenvalue weighted by atomic mass is 10.2. The van der Waals surface area contributed by atoms with Crippen molar-refractivity contribution in [3.05, 3.63) is 54.6 Å². The molecule has 1 aromatic heterocycles. The molecule has 1 aromatic carbocycles. The lowest BCUT2D eigenvalue weighted by Gasteiger charge is -2.10. The predicted molar refractivity (Wildman–Crippen MR) is 93.2 cm³/mol. The minimum Gasteiger partial charge on any atom is -0.481 e. The fourth-order valence-corrected chi connectivity index (χ4v) is 3.32. The van der Waals surface area contributed by atoms with E-state index in [2.05, 4.69) is 42.4 Å². The molecule has 0 saturated heterocycles. The minimum atomic E-state index is -0.666. The van der Waals surface area contributed by atoms with Crippen molar-refractivity contribution in [2.24, 2.45) is 5.10 Å². The molecule has 1 amide bonds. The van der Waals surface area contributed by atoms with E-state index in [0.29, 0.717) is 14.7 Å². The molecule has 1 N–H and O–H groups in total. The molecule has 0 fully saturated rings. The molecule has 0 aliphatic carbocycles. The number of rotatable bonds is 6. The smallest absolute Gasteiger partial charge is 0.433 e. The van der Waals surface area contributed by atoms with E-state index < -0.39 is 16.7 Å². The first-order chi connectivity index (χ1) is 11.4. The van der Waals surface area contributed by atoms with Crippen LogP contribution in [0.3, 0.4) is 0 Å². The van der Waals surface area contributed by atoms with Crippen LogP contribution in [0.1, 0.15) is 11.3 Å². The molecule has 0 saturated carbocycles. The van der Waals surface area contributed by atoms with E-state index in [1.54, 1.807) is 0 Å². The number of benzene rings is 1. The second-order valence-corrected chi connectivity index (χ2v) is 6.28. The van der Waals surface area contributed by atoms with Gasteiger partial charge in [-0.05, 0) is 62.5 Å². The SMILES string of the molecule is Cc1cc(Br)c(OCC(=O)NN=Cc2ccc([N+](=O)[O-])o2)c(Br)c1. The molecule has 0 spiro atoms. The van der Waals surface area contributed by atoms with Gasteiger partial charge in [0.2, 0.25) is 0 Å². The van der Waals surface area contributed by atoms with Crippen molar-refractivity contribution in [2.45, 2.75) is 6.92 Å². The van der Waals surface area contributed by atoms with Gasteiger partial charge in [-0.1, -0.05) is 0 Å². The van der Waals surface area contributed by atoms with E-state index in [1.165, 1.54) is 12.1 Å². The first-order valence-electron chi connectivity index (χ1n) is 6.51. The molecule has 24 heavy (non-hydrogen) atoms. The van der Waals surface area contributed by atoms with Crippen LogP contribution in [0.5, 0.6) is 5.75 Å². The maximum atomic E-state index is 11.7. The van der Waals surface area contributed by atoms with Crippen LogP contribution in [0.25, 0.3) is 0 Å². The van der Waals surface area contributed by atoms with Crippen LogP contribution < -0.4 is 10.2 Å². The fourth-order valence-electron chi connectivity index (χ4n) is 1.67. The highest BCUT2D eigenvalue weighted by molar-refractivity contribution is 9.11. The summed E-state index contributed by atoms with van der Waals surface area (Å²) in [6.45, 7) is 1.68. The summed E-state index contributed by atoms with van der Waals surface area (Å²) < 4.78 is 11.7. The van der Waals surface area contributed by atoms with Crippen LogP contribution in [0.2, 0.25) is 0 Å². The van der Waals surface area contributed by atoms with Gasteiger partial charge in [0.15, 0.2) is 12.4 Å². The van der Waals surface area contributed by atoms with E-state index in [0.717, 1.165) is 11.8 Å². The van der Waals surface area contributed by atoms with E-state index in [4.69, 9.17) is 9.15 Å². The maximum absolute atomic E-state index is 11.7. The minimum absolute atomic E-state index is 0.145. The van der Waals surface area contributed by atoms with Gasteiger partial charge in [0.1, 0.15) is 10.7 Å². The van der Waals surface area contributed by atoms with Gasteiger partial charge < -0.3 is 9.15 Å². The zero-order chi connectivity index (χ0) is 17.7. The Labute approximate surface area is 153 Å². The number of ether oxygens (including phenoxy) is 1. The van der Waals surface area contributed by atoms with Gasteiger partial charge in [-0.25, -0.2) is 5.43 Å². The summed E-state index contributed by atoms with van der Waals surface area (Å²) in [4.78, 5) is 21.5. The Bertz CT molecular complexity index is 780. The molecule has 0 bridgehead atoms. The molecular formula is C14H11Br2N3O5. The lowest BCUT2D eigenvalue weighted by Crippen LogP contribution is -2.24. The summed E-state index contributed by atoms with van der Waals surface area (Å²) in [6.07, 6.45) is 1.16. The molecule has 8 nitrogen and oxygen atoms in total. The van der Waals surface area contributed by atoms with Crippen LogP contribution in [-0.4, -0.2) is 23.7 Å². The number of carbonyl (C=O) groups excluding carboxylic acids is 1. The normalized spacial score (nSPS) is 10.8. The summed E-state index contributed by atoms with van der Waals surface area (Å²) in [6, 6.07) is 6.28. The topological polar surface area (TPSA) is 107 Å². The van der Waals surface area contributed by atoms with Crippen LogP contribution in [-0.2, 0) is 4.79 Å². The Hall–Kier alpha value is -2.20. The summed E-state index contributed by atoms with van der Waals surface area (Å²) in [7, 11) is 0. The first-order valence-corrected chi connectivity index (χ1v) is 8.10. The van der Waals surface area contributed by atoms with Crippen molar-refractivity contribution in [3.8, 4) is 5.75 Å². The van der Waals surface area contributed by atoms with Gasteiger partial charge in [-0.15, -0.1) is 0 Å². The van der Waals surface area contributed by atoms with Crippen LogP contribution in [0.15, 0.2) is 42.7 Å². The van der Waals surface area contributed by atoms with Crippen molar-refractivity contribution < 1.29 is 18.9 Å². The number of furan rings is 1. The summed E-state index contributed by atoms with van der Waals surface area (Å²) in [5, 5.41) is 14.1. The Morgan fingerprint density at radius 1 is 1.42 bits per heavy atom. The second kappa shape index (κ2) is 8.06. The van der Waals surface area contributed by atoms with Crippen molar-refractivity contribution >= 4 is 49.9 Å². The quantitative estimate of drug-likeness (QED) is 0.403. The number of hydrogen-bond donors (Lipinski definition) is 1. The number of nitrogens with one attached hydrogen (secondary N) is 1. The van der Waals surface area contributed by atoms with Crippen molar-refractivity contribution in [1.29, 1.82) is 0 Å². The van der Waals surface area contributed by atoms with Gasteiger partial charge in [-0.2, -0.15) is 5.10 Å². The number of amides is 1. The molecule has 0 unspecified atom stereocenters. The summed E-state index contributed by atoms with van der Waals surface area (Å²) in [5.41, 5.74) is 3.27. The Morgan fingerprint density at radius 2 is 2.08 bits per heavy atom. The molecule has 0 aliphatic heterocycles. The summed E-state index contributed by atoms with van der Waals surface area (Å²) >= 11 is 6.72. The third kappa shape index (κ3) is 4.90. The predicted octanol–water partition coefficient (Wildman–Crippen LogP) is 3.55. The third-order valence-corrected chi connectivity index (χ3v) is 3.84. The number of aryl methyl sites for hydroxylation is 1. The number of hydrazone groups is 1. The maximum Gasteiger partial charge on any atom is 0.433 e. The summed E-state index contributed by atoms with van der Waals surface area (Å²) in [5.74, 6) is -0.250. The molecule has 1 heterocycles. The van der Waals surface area contributed by atoms with Gasteiger partial charge in [0.05, 0.1) is 21.2 Å². The molecule has 10 heteroatoms. The molecule has 0 aliphatic rings. The van der Waals surface area contributed by atoms with E-state index in [-0.39, 0.29) is 12.4 Å². The van der Waals surface area contributed by atoms with Gasteiger partial charge in [-0.3, -0.25) is 14.9 Å². The standard InChI is InChI=1S/C14H11Br2N3O5/c1-8-4-10(15)14(11(16)5-8)23-7-12(20)18-17-6-9-2-3-13(24-9)19(21)22/h2-6H,7H2,1H3,(H,18,20). The highest BCUT2D eigenvalue weighted by Crippen LogP contribution is 2.34. The van der Waals surface area contributed by atoms with Crippen LogP contribution >= 0.6 is 31.9 Å². The van der Waals surface area contributed by atoms with Gasteiger partial charge >= 0.3 is 5.88 Å². The lowest BCUT2D eigenvalue weighted by molar-refractivity contribution is -0.402. The number of carbonyl (C=O) groups is 1. The average Bonchev–Trinajstić information content (AvgIpc) is 2.95. The van der Waals surface area contributed by atoms with E-state index in [1.807, 2.05) is 19.1 Å². The highest BCUT2D eigenvalue weighted by atomic mass is 79.9. The molecule has 0 atom stereocenters. The number of nitrogens with zero attached hydrogens (tertiary/aromatic N) is 2. The average molecular weight is 461 g/mol. The van der Waals surface area contributed by atoms with Gasteiger partial charge in [0.25, 0.3) is 5.91 Å². The first kappa shape index (κ1) is 18.1. The second-order valence-electron chi connectivity index (χ2n) is 4.57. The molecule has 2 rings (SSSR count). The third-order valence-electron chi connectivity index (χ3n) is 2.66. The van der Waals surface area contributed by atoms with Crippen LogP contribution in [0, 0.1) is 17.0 Å². The Kier molecular flexibility index (Phi) is 6.10. The zero-order valence-electron chi connectivity index (χ0n) is 12.3. The van der Waals surface area contributed by atoms with Crippen molar-refractivity contribution in [3.63, 3.8) is 0 Å². The number of nitro groups is 1. The van der Waals surface area contributed by atoms with E-state index in [9.17, 15) is 14.9 Å². The molecule has 126 valence electrons. The van der Waals surface area contributed by atoms with E-state index >= 15 is 0 Å². The number of halogens is 2. The van der Waals surface area contributed by atoms with Gasteiger partial charge in [0, 0.05) is 0 Å². The Balaban J connectivity index is 1.87. The highest BCUT2D eigenvalue weighted by Gasteiger charge is 2.11. The van der Waals surface area contributed by atoms with Crippen LogP contribution in [0.4, 0.5) is 5.88 Å². The largest absolute Gasteiger partial charge is 0.481 e. The van der Waals surface area contributed by atoms with Crippen molar-refractivity contribution in [1.82, 2.24) is 5.43 Å². The molecule has 2 aromatic rings. The number of hydrogen-bond acceptors (Lipinski definition) is 6. The monoisotopic (exact) mass is 459 g/mol.